The fraction of sp³-hybridized carbons (Fsp3) is 0.500. The highest BCUT2D eigenvalue weighted by Gasteiger charge is 2.26. The molecule has 0 aliphatic carbocycles. The number of benzene rings is 1. The largest absolute Gasteiger partial charge is 0.371 e. The van der Waals surface area contributed by atoms with E-state index >= 15 is 0 Å². The van der Waals surface area contributed by atoms with Crippen LogP contribution in [0.4, 0.5) is 0 Å². The third-order valence-electron chi connectivity index (χ3n) is 4.74. The van der Waals surface area contributed by atoms with E-state index in [1.165, 1.54) is 5.56 Å². The van der Waals surface area contributed by atoms with Gasteiger partial charge in [0.2, 0.25) is 5.91 Å². The molecular weight excluding hydrogens is 314 g/mol. The molecule has 1 aliphatic heterocycles. The minimum atomic E-state index is 0.0827. The standard InChI is InChI=1S/C20H27N3O2/c1-16-13-17(2)23(21-16)19-9-6-11-22(14-19)20(24)15-25-12-10-18-7-4-3-5-8-18/h3-5,7-8,13,19H,6,9-12,14-15H2,1-2H3/t19-/m1/s1. The smallest absolute Gasteiger partial charge is 0.248 e. The van der Waals surface area contributed by atoms with Crippen molar-refractivity contribution in [2.45, 2.75) is 39.2 Å². The first-order chi connectivity index (χ1) is 12.1. The molecule has 0 unspecified atom stereocenters. The summed E-state index contributed by atoms with van der Waals surface area (Å²) in [4.78, 5) is 14.4. The number of amides is 1. The fourth-order valence-corrected chi connectivity index (χ4v) is 3.48. The number of likely N-dealkylation sites (tertiary alicyclic amines) is 1. The summed E-state index contributed by atoms with van der Waals surface area (Å²) in [5.41, 5.74) is 3.43. The van der Waals surface area contributed by atoms with Crippen molar-refractivity contribution in [1.82, 2.24) is 14.7 Å². The van der Waals surface area contributed by atoms with Gasteiger partial charge < -0.3 is 9.64 Å². The molecule has 1 fully saturated rings. The van der Waals surface area contributed by atoms with Gasteiger partial charge in [-0.3, -0.25) is 9.48 Å². The molecule has 25 heavy (non-hydrogen) atoms. The number of hydrogen-bond donors (Lipinski definition) is 0. The fourth-order valence-electron chi connectivity index (χ4n) is 3.48. The second kappa shape index (κ2) is 8.30. The number of ether oxygens (including phenoxy) is 1. The van der Waals surface area contributed by atoms with E-state index in [1.807, 2.05) is 30.0 Å². The van der Waals surface area contributed by atoms with E-state index < -0.39 is 0 Å². The Morgan fingerprint density at radius 3 is 2.80 bits per heavy atom. The van der Waals surface area contributed by atoms with Crippen molar-refractivity contribution in [2.24, 2.45) is 0 Å². The lowest BCUT2D eigenvalue weighted by Crippen LogP contribution is -2.42. The average molecular weight is 341 g/mol. The lowest BCUT2D eigenvalue weighted by Gasteiger charge is -2.33. The van der Waals surface area contributed by atoms with Crippen molar-refractivity contribution in [3.05, 3.63) is 53.3 Å². The van der Waals surface area contributed by atoms with E-state index in [0.29, 0.717) is 6.61 Å². The maximum Gasteiger partial charge on any atom is 0.248 e. The summed E-state index contributed by atoms with van der Waals surface area (Å²) in [6, 6.07) is 12.6. The van der Waals surface area contributed by atoms with E-state index in [0.717, 1.165) is 43.7 Å². The molecule has 1 aromatic heterocycles. The van der Waals surface area contributed by atoms with E-state index in [-0.39, 0.29) is 18.6 Å². The number of nitrogens with zero attached hydrogens (tertiary/aromatic N) is 3. The van der Waals surface area contributed by atoms with Gasteiger partial charge in [0.1, 0.15) is 6.61 Å². The van der Waals surface area contributed by atoms with Gasteiger partial charge >= 0.3 is 0 Å². The summed E-state index contributed by atoms with van der Waals surface area (Å²) < 4.78 is 7.68. The van der Waals surface area contributed by atoms with Gasteiger partial charge in [0.15, 0.2) is 0 Å². The van der Waals surface area contributed by atoms with E-state index in [9.17, 15) is 4.79 Å². The normalized spacial score (nSPS) is 17.7. The highest BCUT2D eigenvalue weighted by atomic mass is 16.5. The summed E-state index contributed by atoms with van der Waals surface area (Å²) in [6.07, 6.45) is 2.92. The Morgan fingerprint density at radius 2 is 2.08 bits per heavy atom. The number of piperidine rings is 1. The first-order valence-corrected chi connectivity index (χ1v) is 9.05. The quantitative estimate of drug-likeness (QED) is 0.759. The van der Waals surface area contributed by atoms with Crippen LogP contribution in [0.15, 0.2) is 36.4 Å². The second-order valence-corrected chi connectivity index (χ2v) is 6.80. The lowest BCUT2D eigenvalue weighted by atomic mass is 10.1. The van der Waals surface area contributed by atoms with Gasteiger partial charge in [0.25, 0.3) is 0 Å². The first kappa shape index (κ1) is 17.7. The number of hydrogen-bond acceptors (Lipinski definition) is 3. The molecule has 2 aromatic rings. The molecule has 1 atom stereocenters. The Bertz CT molecular complexity index is 696. The minimum Gasteiger partial charge on any atom is -0.371 e. The van der Waals surface area contributed by atoms with Gasteiger partial charge in [0.05, 0.1) is 18.3 Å². The Morgan fingerprint density at radius 1 is 1.28 bits per heavy atom. The SMILES string of the molecule is Cc1cc(C)n([C@@H]2CCCN(C(=O)COCCc3ccccc3)C2)n1. The van der Waals surface area contributed by atoms with Gasteiger partial charge in [-0.25, -0.2) is 0 Å². The van der Waals surface area contributed by atoms with Gasteiger partial charge in [-0.1, -0.05) is 30.3 Å². The van der Waals surface area contributed by atoms with Crippen LogP contribution in [-0.2, 0) is 16.0 Å². The molecule has 2 heterocycles. The van der Waals surface area contributed by atoms with Crippen molar-refractivity contribution < 1.29 is 9.53 Å². The first-order valence-electron chi connectivity index (χ1n) is 9.05. The van der Waals surface area contributed by atoms with Crippen LogP contribution in [0.3, 0.4) is 0 Å². The third kappa shape index (κ3) is 4.69. The average Bonchev–Trinajstić information content (AvgIpc) is 2.98. The molecule has 0 saturated carbocycles. The molecule has 1 amide bonds. The van der Waals surface area contributed by atoms with Crippen molar-refractivity contribution in [3.8, 4) is 0 Å². The lowest BCUT2D eigenvalue weighted by molar-refractivity contribution is -0.137. The van der Waals surface area contributed by atoms with Gasteiger partial charge in [-0.15, -0.1) is 0 Å². The van der Waals surface area contributed by atoms with Crippen LogP contribution in [0, 0.1) is 13.8 Å². The Hall–Kier alpha value is -2.14. The number of rotatable bonds is 6. The number of aryl methyl sites for hydroxylation is 2. The third-order valence-corrected chi connectivity index (χ3v) is 4.74. The van der Waals surface area contributed by atoms with Crippen LogP contribution in [-0.4, -0.2) is 46.9 Å². The monoisotopic (exact) mass is 341 g/mol. The number of carbonyl (C=O) groups excluding carboxylic acids is 1. The second-order valence-electron chi connectivity index (χ2n) is 6.80. The molecular formula is C20H27N3O2. The molecule has 0 spiro atoms. The molecule has 1 aromatic carbocycles. The maximum atomic E-state index is 12.4. The van der Waals surface area contributed by atoms with Gasteiger partial charge in [-0.2, -0.15) is 5.10 Å². The zero-order valence-corrected chi connectivity index (χ0v) is 15.1. The van der Waals surface area contributed by atoms with Crippen molar-refractivity contribution in [1.29, 1.82) is 0 Å². The molecule has 5 heteroatoms. The zero-order valence-electron chi connectivity index (χ0n) is 15.1. The highest BCUT2D eigenvalue weighted by molar-refractivity contribution is 5.77. The number of carbonyl (C=O) groups is 1. The minimum absolute atomic E-state index is 0.0827. The topological polar surface area (TPSA) is 47.4 Å². The zero-order chi connectivity index (χ0) is 17.6. The van der Waals surface area contributed by atoms with Crippen molar-refractivity contribution in [3.63, 3.8) is 0 Å². The maximum absolute atomic E-state index is 12.4. The van der Waals surface area contributed by atoms with Crippen molar-refractivity contribution >= 4 is 5.91 Å². The Labute approximate surface area is 149 Å². The van der Waals surface area contributed by atoms with Crippen LogP contribution in [0.5, 0.6) is 0 Å². The van der Waals surface area contributed by atoms with E-state index in [2.05, 4.69) is 34.9 Å². The summed E-state index contributed by atoms with van der Waals surface area (Å²) >= 11 is 0. The Balaban J connectivity index is 1.46. The predicted molar refractivity (Wildman–Crippen MR) is 97.5 cm³/mol. The summed E-state index contributed by atoms with van der Waals surface area (Å²) in [6.45, 7) is 6.37. The summed E-state index contributed by atoms with van der Waals surface area (Å²) in [5.74, 6) is 0.0827. The van der Waals surface area contributed by atoms with Gasteiger partial charge in [-0.05, 0) is 44.7 Å². The van der Waals surface area contributed by atoms with Crippen LogP contribution < -0.4 is 0 Å². The number of aromatic nitrogens is 2. The molecule has 0 N–H and O–H groups in total. The van der Waals surface area contributed by atoms with Crippen LogP contribution in [0.1, 0.15) is 35.8 Å². The molecule has 1 aliphatic rings. The molecule has 134 valence electrons. The highest BCUT2D eigenvalue weighted by Crippen LogP contribution is 2.23. The van der Waals surface area contributed by atoms with Gasteiger partial charge in [0, 0.05) is 18.8 Å². The molecule has 5 nitrogen and oxygen atoms in total. The summed E-state index contributed by atoms with van der Waals surface area (Å²) in [5, 5.41) is 4.58. The molecule has 3 rings (SSSR count). The van der Waals surface area contributed by atoms with E-state index in [4.69, 9.17) is 4.74 Å². The molecule has 1 saturated heterocycles. The Kier molecular flexibility index (Phi) is 5.87. The van der Waals surface area contributed by atoms with Crippen LogP contribution >= 0.6 is 0 Å². The molecule has 0 radical (unpaired) electrons. The summed E-state index contributed by atoms with van der Waals surface area (Å²) in [7, 11) is 0. The van der Waals surface area contributed by atoms with Crippen molar-refractivity contribution in [2.75, 3.05) is 26.3 Å². The van der Waals surface area contributed by atoms with Crippen LogP contribution in [0.2, 0.25) is 0 Å². The van der Waals surface area contributed by atoms with E-state index in [1.54, 1.807) is 0 Å². The molecule has 0 bridgehead atoms. The van der Waals surface area contributed by atoms with Crippen LogP contribution in [0.25, 0.3) is 0 Å². The predicted octanol–water partition coefficient (Wildman–Crippen LogP) is 2.92.